The molecule has 0 aliphatic carbocycles. The highest BCUT2D eigenvalue weighted by Gasteiger charge is 2.12. The summed E-state index contributed by atoms with van der Waals surface area (Å²) in [6.07, 6.45) is 1.48. The molecule has 2 aromatic rings. The lowest BCUT2D eigenvalue weighted by molar-refractivity contribution is -0.120. The number of carbonyl (C=O) groups is 2. The molecular weight excluding hydrogens is 302 g/mol. The standard InChI is InChI=1S/C17H14F2N2O2/c1-11(22)20-16(9-12-5-3-2-4-6-12)17(23)21-13-7-8-14(18)15(19)10-13/h2-10H,1H3,(H,20,22)(H,21,23)/b16-9-. The van der Waals surface area contributed by atoms with E-state index in [1.54, 1.807) is 24.3 Å². The number of carbonyl (C=O) groups excluding carboxylic acids is 2. The zero-order valence-corrected chi connectivity index (χ0v) is 12.3. The molecule has 0 saturated carbocycles. The van der Waals surface area contributed by atoms with E-state index in [4.69, 9.17) is 0 Å². The molecular formula is C17H14F2N2O2. The van der Waals surface area contributed by atoms with Crippen LogP contribution in [0.4, 0.5) is 14.5 Å². The molecule has 0 heterocycles. The Labute approximate surface area is 131 Å². The van der Waals surface area contributed by atoms with Crippen LogP contribution in [0.2, 0.25) is 0 Å². The Kier molecular flexibility index (Phi) is 5.19. The summed E-state index contributed by atoms with van der Waals surface area (Å²) in [6.45, 7) is 1.27. The maximum Gasteiger partial charge on any atom is 0.272 e. The first kappa shape index (κ1) is 16.4. The fraction of sp³-hybridized carbons (Fsp3) is 0.0588. The van der Waals surface area contributed by atoms with Gasteiger partial charge in [-0.2, -0.15) is 0 Å². The van der Waals surface area contributed by atoms with E-state index in [1.165, 1.54) is 19.1 Å². The van der Waals surface area contributed by atoms with E-state index >= 15 is 0 Å². The number of hydrogen-bond acceptors (Lipinski definition) is 2. The third-order valence-corrected chi connectivity index (χ3v) is 2.84. The summed E-state index contributed by atoms with van der Waals surface area (Å²) in [4.78, 5) is 23.5. The molecule has 0 saturated heterocycles. The van der Waals surface area contributed by atoms with Gasteiger partial charge in [0.25, 0.3) is 5.91 Å². The fourth-order valence-electron chi connectivity index (χ4n) is 1.84. The van der Waals surface area contributed by atoms with Crippen LogP contribution < -0.4 is 10.6 Å². The molecule has 2 aromatic carbocycles. The fourth-order valence-corrected chi connectivity index (χ4v) is 1.84. The van der Waals surface area contributed by atoms with Crippen LogP contribution in [0.25, 0.3) is 6.08 Å². The van der Waals surface area contributed by atoms with Crippen molar-refractivity contribution in [3.05, 3.63) is 71.4 Å². The van der Waals surface area contributed by atoms with Crippen LogP contribution in [-0.2, 0) is 9.59 Å². The average molecular weight is 316 g/mol. The third kappa shape index (κ3) is 4.74. The number of benzene rings is 2. The smallest absolute Gasteiger partial charge is 0.272 e. The summed E-state index contributed by atoms with van der Waals surface area (Å²) < 4.78 is 26.1. The van der Waals surface area contributed by atoms with Crippen molar-refractivity contribution in [2.45, 2.75) is 6.92 Å². The highest BCUT2D eigenvalue weighted by molar-refractivity contribution is 6.08. The minimum absolute atomic E-state index is 0.00608. The minimum atomic E-state index is -1.07. The number of anilines is 1. The molecule has 2 N–H and O–H groups in total. The van der Waals surface area contributed by atoms with Gasteiger partial charge in [-0.25, -0.2) is 8.78 Å². The average Bonchev–Trinajstić information content (AvgIpc) is 2.51. The molecule has 0 aromatic heterocycles. The van der Waals surface area contributed by atoms with Crippen molar-refractivity contribution in [1.29, 1.82) is 0 Å². The number of halogens is 2. The van der Waals surface area contributed by atoms with Crippen LogP contribution in [0.3, 0.4) is 0 Å². The molecule has 6 heteroatoms. The van der Waals surface area contributed by atoms with E-state index in [1.807, 2.05) is 6.07 Å². The van der Waals surface area contributed by atoms with Gasteiger partial charge in [-0.3, -0.25) is 9.59 Å². The molecule has 2 rings (SSSR count). The molecule has 23 heavy (non-hydrogen) atoms. The Bertz CT molecular complexity index is 758. The lowest BCUT2D eigenvalue weighted by Crippen LogP contribution is -2.29. The van der Waals surface area contributed by atoms with Gasteiger partial charge in [0, 0.05) is 18.7 Å². The van der Waals surface area contributed by atoms with Crippen LogP contribution in [0, 0.1) is 11.6 Å². The lowest BCUT2D eigenvalue weighted by atomic mass is 10.2. The number of hydrogen-bond donors (Lipinski definition) is 2. The molecule has 0 aliphatic rings. The summed E-state index contributed by atoms with van der Waals surface area (Å²) in [6, 6.07) is 11.9. The SMILES string of the molecule is CC(=O)N/C(=C\c1ccccc1)C(=O)Nc1ccc(F)c(F)c1. The Balaban J connectivity index is 2.24. The Morgan fingerprint density at radius 3 is 2.30 bits per heavy atom. The van der Waals surface area contributed by atoms with Crippen LogP contribution in [-0.4, -0.2) is 11.8 Å². The third-order valence-electron chi connectivity index (χ3n) is 2.84. The van der Waals surface area contributed by atoms with Crippen molar-refractivity contribution in [3.63, 3.8) is 0 Å². The van der Waals surface area contributed by atoms with Crippen LogP contribution in [0.1, 0.15) is 12.5 Å². The van der Waals surface area contributed by atoms with E-state index in [2.05, 4.69) is 10.6 Å². The highest BCUT2D eigenvalue weighted by atomic mass is 19.2. The van der Waals surface area contributed by atoms with Gasteiger partial charge in [0.05, 0.1) is 0 Å². The van der Waals surface area contributed by atoms with Gasteiger partial charge in [0.1, 0.15) is 5.70 Å². The van der Waals surface area contributed by atoms with Gasteiger partial charge in [0.15, 0.2) is 11.6 Å². The van der Waals surface area contributed by atoms with Crippen molar-refractivity contribution in [2.75, 3.05) is 5.32 Å². The van der Waals surface area contributed by atoms with Crippen LogP contribution >= 0.6 is 0 Å². The predicted molar refractivity (Wildman–Crippen MR) is 83.2 cm³/mol. The first-order chi connectivity index (χ1) is 11.0. The Hall–Kier alpha value is -3.02. The molecule has 2 amide bonds. The molecule has 0 unspecified atom stereocenters. The second-order valence-corrected chi connectivity index (χ2v) is 4.73. The molecule has 0 bridgehead atoms. The maximum absolute atomic E-state index is 13.2. The highest BCUT2D eigenvalue weighted by Crippen LogP contribution is 2.14. The predicted octanol–water partition coefficient (Wildman–Crippen LogP) is 3.08. The zero-order valence-electron chi connectivity index (χ0n) is 12.3. The number of amides is 2. The van der Waals surface area contributed by atoms with E-state index in [0.29, 0.717) is 5.56 Å². The Morgan fingerprint density at radius 1 is 1.00 bits per heavy atom. The normalized spacial score (nSPS) is 11.0. The number of rotatable bonds is 4. The van der Waals surface area contributed by atoms with Crippen LogP contribution in [0.5, 0.6) is 0 Å². The Morgan fingerprint density at radius 2 is 1.70 bits per heavy atom. The van der Waals surface area contributed by atoms with Gasteiger partial charge in [-0.1, -0.05) is 30.3 Å². The lowest BCUT2D eigenvalue weighted by Gasteiger charge is -2.10. The van der Waals surface area contributed by atoms with E-state index in [0.717, 1.165) is 12.1 Å². The van der Waals surface area contributed by atoms with Crippen molar-refractivity contribution in [1.82, 2.24) is 5.32 Å². The van der Waals surface area contributed by atoms with Gasteiger partial charge in [-0.15, -0.1) is 0 Å². The van der Waals surface area contributed by atoms with Gasteiger partial charge in [0.2, 0.25) is 5.91 Å². The summed E-state index contributed by atoms with van der Waals surface area (Å²) >= 11 is 0. The maximum atomic E-state index is 13.2. The van der Waals surface area contributed by atoms with Gasteiger partial charge in [-0.05, 0) is 23.8 Å². The van der Waals surface area contributed by atoms with E-state index in [-0.39, 0.29) is 11.4 Å². The summed E-state index contributed by atoms with van der Waals surface area (Å²) in [5, 5.41) is 4.82. The second-order valence-electron chi connectivity index (χ2n) is 4.73. The van der Waals surface area contributed by atoms with Crippen molar-refractivity contribution >= 4 is 23.6 Å². The molecule has 0 spiro atoms. The van der Waals surface area contributed by atoms with Crippen molar-refractivity contribution < 1.29 is 18.4 Å². The molecule has 118 valence electrons. The van der Waals surface area contributed by atoms with E-state index < -0.39 is 23.4 Å². The van der Waals surface area contributed by atoms with Crippen LogP contribution in [0.15, 0.2) is 54.2 Å². The molecule has 0 aliphatic heterocycles. The summed E-state index contributed by atoms with van der Waals surface area (Å²) in [7, 11) is 0. The molecule has 0 radical (unpaired) electrons. The minimum Gasteiger partial charge on any atom is -0.322 e. The first-order valence-corrected chi connectivity index (χ1v) is 6.76. The number of nitrogens with one attached hydrogen (secondary N) is 2. The molecule has 4 nitrogen and oxygen atoms in total. The van der Waals surface area contributed by atoms with Crippen molar-refractivity contribution in [2.24, 2.45) is 0 Å². The second kappa shape index (κ2) is 7.31. The summed E-state index contributed by atoms with van der Waals surface area (Å²) in [5.74, 6) is -3.15. The van der Waals surface area contributed by atoms with Gasteiger partial charge < -0.3 is 10.6 Å². The monoisotopic (exact) mass is 316 g/mol. The molecule has 0 fully saturated rings. The first-order valence-electron chi connectivity index (χ1n) is 6.76. The van der Waals surface area contributed by atoms with Gasteiger partial charge >= 0.3 is 0 Å². The largest absolute Gasteiger partial charge is 0.322 e. The quantitative estimate of drug-likeness (QED) is 0.852. The molecule has 0 atom stereocenters. The van der Waals surface area contributed by atoms with E-state index in [9.17, 15) is 18.4 Å². The topological polar surface area (TPSA) is 58.2 Å². The van der Waals surface area contributed by atoms with Crippen molar-refractivity contribution in [3.8, 4) is 0 Å². The zero-order chi connectivity index (χ0) is 16.8. The summed E-state index contributed by atoms with van der Waals surface area (Å²) in [5.41, 5.74) is 0.781.